The van der Waals surface area contributed by atoms with Crippen molar-refractivity contribution >= 4 is 28.0 Å². The molecule has 0 aliphatic carbocycles. The number of aromatic nitrogens is 2. The summed E-state index contributed by atoms with van der Waals surface area (Å²) in [6, 6.07) is 12.2. The molecule has 0 aliphatic heterocycles. The molecule has 0 amide bonds. The molecule has 0 fully saturated rings. The van der Waals surface area contributed by atoms with Crippen molar-refractivity contribution < 1.29 is 0 Å². The minimum Gasteiger partial charge on any atom is -0.370 e. The monoisotopic (exact) mass is 278 g/mol. The summed E-state index contributed by atoms with van der Waals surface area (Å²) in [4.78, 5) is 8.53. The molecule has 0 saturated carbocycles. The lowest BCUT2D eigenvalue weighted by atomic mass is 10.1. The van der Waals surface area contributed by atoms with Crippen molar-refractivity contribution in [2.24, 2.45) is 0 Å². The fourth-order valence-corrected chi connectivity index (χ4v) is 2.24. The molecule has 1 aromatic carbocycles. The van der Waals surface area contributed by atoms with Crippen molar-refractivity contribution in [3.8, 4) is 0 Å². The van der Waals surface area contributed by atoms with E-state index in [9.17, 15) is 0 Å². The van der Waals surface area contributed by atoms with E-state index in [4.69, 9.17) is 0 Å². The largest absolute Gasteiger partial charge is 0.370 e. The third-order valence-electron chi connectivity index (χ3n) is 3.28. The molecule has 4 nitrogen and oxygen atoms in total. The van der Waals surface area contributed by atoms with Gasteiger partial charge in [-0.25, -0.2) is 4.98 Å². The molecular weight excluding hydrogens is 260 g/mol. The van der Waals surface area contributed by atoms with Gasteiger partial charge < -0.3 is 10.6 Å². The zero-order valence-corrected chi connectivity index (χ0v) is 12.0. The molecule has 0 saturated heterocycles. The molecule has 3 aromatic rings. The van der Waals surface area contributed by atoms with Crippen LogP contribution in [0.15, 0.2) is 55.0 Å². The van der Waals surface area contributed by atoms with Gasteiger partial charge in [-0.2, -0.15) is 0 Å². The highest BCUT2D eigenvalue weighted by molar-refractivity contribution is 5.94. The molecule has 0 aliphatic rings. The molecule has 2 heterocycles. The molecule has 2 aromatic heterocycles. The van der Waals surface area contributed by atoms with Crippen molar-refractivity contribution in [2.75, 3.05) is 17.2 Å². The zero-order chi connectivity index (χ0) is 14.5. The smallest absolute Gasteiger partial charge is 0.127 e. The van der Waals surface area contributed by atoms with Crippen LogP contribution in [0.25, 0.3) is 10.8 Å². The average molecular weight is 278 g/mol. The Morgan fingerprint density at radius 1 is 1.10 bits per heavy atom. The second-order valence-corrected chi connectivity index (χ2v) is 4.88. The summed E-state index contributed by atoms with van der Waals surface area (Å²) < 4.78 is 0. The van der Waals surface area contributed by atoms with Crippen molar-refractivity contribution in [1.82, 2.24) is 9.97 Å². The maximum atomic E-state index is 4.32. The number of nitrogens with one attached hydrogen (secondary N) is 2. The number of fused-ring (bicyclic) bond motifs is 1. The molecule has 2 N–H and O–H groups in total. The maximum absolute atomic E-state index is 4.32. The van der Waals surface area contributed by atoms with Gasteiger partial charge in [-0.15, -0.1) is 0 Å². The van der Waals surface area contributed by atoms with Crippen molar-refractivity contribution in [3.63, 3.8) is 0 Å². The first-order valence-corrected chi connectivity index (χ1v) is 7.16. The number of hydrogen-bond acceptors (Lipinski definition) is 4. The van der Waals surface area contributed by atoms with E-state index in [2.05, 4.69) is 39.7 Å². The Bertz CT molecular complexity index is 734. The van der Waals surface area contributed by atoms with Crippen LogP contribution in [-0.2, 0) is 0 Å². The van der Waals surface area contributed by atoms with Gasteiger partial charge in [0.1, 0.15) is 5.82 Å². The molecular formula is C17H18N4. The molecule has 21 heavy (non-hydrogen) atoms. The van der Waals surface area contributed by atoms with Crippen molar-refractivity contribution in [2.45, 2.75) is 13.3 Å². The number of pyridine rings is 2. The van der Waals surface area contributed by atoms with Crippen LogP contribution in [0.1, 0.15) is 13.3 Å². The Labute approximate surface area is 124 Å². The number of nitrogens with zero attached hydrogens (tertiary/aromatic N) is 2. The summed E-state index contributed by atoms with van der Waals surface area (Å²) in [6.45, 7) is 3.06. The predicted molar refractivity (Wildman–Crippen MR) is 88.0 cm³/mol. The van der Waals surface area contributed by atoms with Crippen LogP contribution < -0.4 is 10.6 Å². The number of hydrogen-bond donors (Lipinski definition) is 2. The maximum Gasteiger partial charge on any atom is 0.127 e. The van der Waals surface area contributed by atoms with Gasteiger partial charge in [0, 0.05) is 48.0 Å². The predicted octanol–water partition coefficient (Wildman–Crippen LogP) is 4.20. The normalized spacial score (nSPS) is 10.5. The SMILES string of the molecule is CCCNc1cc(Nc2cccc3ccncc23)ccn1. The minimum atomic E-state index is 0.889. The Morgan fingerprint density at radius 2 is 2.05 bits per heavy atom. The van der Waals surface area contributed by atoms with E-state index in [-0.39, 0.29) is 0 Å². The Balaban J connectivity index is 1.88. The summed E-state index contributed by atoms with van der Waals surface area (Å²) in [5.41, 5.74) is 2.06. The molecule has 3 rings (SSSR count). The van der Waals surface area contributed by atoms with Crippen LogP contribution in [0, 0.1) is 0 Å². The number of anilines is 3. The lowest BCUT2D eigenvalue weighted by Gasteiger charge is -2.11. The van der Waals surface area contributed by atoms with Crippen LogP contribution in [0.3, 0.4) is 0 Å². The van der Waals surface area contributed by atoms with Gasteiger partial charge in [0.25, 0.3) is 0 Å². The van der Waals surface area contributed by atoms with Gasteiger partial charge >= 0.3 is 0 Å². The first kappa shape index (κ1) is 13.4. The van der Waals surface area contributed by atoms with Crippen LogP contribution in [-0.4, -0.2) is 16.5 Å². The van der Waals surface area contributed by atoms with E-state index in [0.29, 0.717) is 0 Å². The molecule has 0 bridgehead atoms. The van der Waals surface area contributed by atoms with Gasteiger partial charge in [-0.3, -0.25) is 4.98 Å². The molecule has 106 valence electrons. The third kappa shape index (κ3) is 3.11. The summed E-state index contributed by atoms with van der Waals surface area (Å²) in [5.74, 6) is 0.889. The highest BCUT2D eigenvalue weighted by Gasteiger charge is 2.02. The van der Waals surface area contributed by atoms with Gasteiger partial charge in [0.2, 0.25) is 0 Å². The van der Waals surface area contributed by atoms with Gasteiger partial charge in [-0.05, 0) is 30.0 Å². The summed E-state index contributed by atoms with van der Waals surface area (Å²) in [5, 5.41) is 9.02. The highest BCUT2D eigenvalue weighted by atomic mass is 15.0. The van der Waals surface area contributed by atoms with E-state index in [1.54, 1.807) is 0 Å². The van der Waals surface area contributed by atoms with Gasteiger partial charge in [0.05, 0.1) is 0 Å². The fourth-order valence-electron chi connectivity index (χ4n) is 2.24. The van der Waals surface area contributed by atoms with Crippen LogP contribution in [0.2, 0.25) is 0 Å². The zero-order valence-electron chi connectivity index (χ0n) is 12.0. The van der Waals surface area contributed by atoms with E-state index in [0.717, 1.165) is 35.5 Å². The highest BCUT2D eigenvalue weighted by Crippen LogP contribution is 2.26. The lowest BCUT2D eigenvalue weighted by Crippen LogP contribution is -2.02. The number of benzene rings is 1. The minimum absolute atomic E-state index is 0.889. The average Bonchev–Trinajstić information content (AvgIpc) is 2.54. The second kappa shape index (κ2) is 6.22. The first-order chi connectivity index (χ1) is 10.4. The van der Waals surface area contributed by atoms with Crippen LogP contribution in [0.4, 0.5) is 17.2 Å². The van der Waals surface area contributed by atoms with E-state index in [1.807, 2.05) is 42.9 Å². The Morgan fingerprint density at radius 3 is 2.95 bits per heavy atom. The molecule has 0 atom stereocenters. The first-order valence-electron chi connectivity index (χ1n) is 7.16. The van der Waals surface area contributed by atoms with Crippen molar-refractivity contribution in [3.05, 3.63) is 55.0 Å². The van der Waals surface area contributed by atoms with Crippen LogP contribution in [0.5, 0.6) is 0 Å². The third-order valence-corrected chi connectivity index (χ3v) is 3.28. The Kier molecular flexibility index (Phi) is 3.96. The second-order valence-electron chi connectivity index (χ2n) is 4.88. The standard InChI is InChI=1S/C17H18N4/c1-2-8-19-17-11-14(7-10-20-17)21-16-5-3-4-13-6-9-18-12-15(13)16/h3-7,9-12H,2,8H2,1H3,(H2,19,20,21). The van der Waals surface area contributed by atoms with Crippen molar-refractivity contribution in [1.29, 1.82) is 0 Å². The summed E-state index contributed by atoms with van der Waals surface area (Å²) in [6.07, 6.45) is 6.58. The van der Waals surface area contributed by atoms with E-state index >= 15 is 0 Å². The van der Waals surface area contributed by atoms with Crippen LogP contribution >= 0.6 is 0 Å². The Hall–Kier alpha value is -2.62. The van der Waals surface area contributed by atoms with E-state index < -0.39 is 0 Å². The molecule has 0 radical (unpaired) electrons. The molecule has 4 heteroatoms. The van der Waals surface area contributed by atoms with E-state index in [1.165, 1.54) is 5.39 Å². The molecule has 0 unspecified atom stereocenters. The molecule has 0 spiro atoms. The number of rotatable bonds is 5. The fraction of sp³-hybridized carbons (Fsp3) is 0.176. The quantitative estimate of drug-likeness (QED) is 0.734. The summed E-state index contributed by atoms with van der Waals surface area (Å²) >= 11 is 0. The van der Waals surface area contributed by atoms with Gasteiger partial charge in [0.15, 0.2) is 0 Å². The summed E-state index contributed by atoms with van der Waals surface area (Å²) in [7, 11) is 0. The van der Waals surface area contributed by atoms with Gasteiger partial charge in [-0.1, -0.05) is 19.1 Å². The topological polar surface area (TPSA) is 49.8 Å². The lowest BCUT2D eigenvalue weighted by molar-refractivity contribution is 0.969.